The summed E-state index contributed by atoms with van der Waals surface area (Å²) in [5.41, 5.74) is 18.6. The predicted octanol–water partition coefficient (Wildman–Crippen LogP) is 1.18. The molecule has 2 saturated heterocycles. The van der Waals surface area contributed by atoms with Crippen molar-refractivity contribution in [2.75, 3.05) is 37.5 Å². The van der Waals surface area contributed by atoms with Crippen molar-refractivity contribution in [1.82, 2.24) is 34.1 Å². The highest BCUT2D eigenvalue weighted by Gasteiger charge is 2.50. The number of rotatable bonds is 4. The second kappa shape index (κ2) is 12.0. The SMILES string of the molecule is CO[C@@H]1COP(=O)(S)O[C@@H]2[C@H](O)[C@@H](COP(=O)(S)O[C@H]1Cn1ccc3c(N)nc(N)nc31)O[C@H]2n1cnc2c(N)ncnc21. The summed E-state index contributed by atoms with van der Waals surface area (Å²) >= 11 is 8.29. The van der Waals surface area contributed by atoms with Crippen LogP contribution in [0.1, 0.15) is 6.23 Å². The summed E-state index contributed by atoms with van der Waals surface area (Å²) in [6.45, 7) is -9.37. The third-order valence-corrected chi connectivity index (χ3v) is 10.3. The highest BCUT2D eigenvalue weighted by molar-refractivity contribution is 8.44. The number of methoxy groups -OCH3 is 1. The fourth-order valence-electron chi connectivity index (χ4n) is 4.96. The zero-order chi connectivity index (χ0) is 31.4. The number of hydrogen-bond acceptors (Lipinski definition) is 17. The largest absolute Gasteiger partial charge is 0.387 e. The van der Waals surface area contributed by atoms with Crippen LogP contribution in [0.15, 0.2) is 24.9 Å². The molecule has 4 aromatic heterocycles. The number of aliphatic hydroxyl groups excluding tert-OH is 1. The van der Waals surface area contributed by atoms with Gasteiger partial charge in [-0.05, 0) is 6.07 Å². The average Bonchev–Trinajstić information content (AvgIpc) is 3.64. The molecular weight excluding hydrogens is 662 g/mol. The number of aliphatic hydroxyl groups is 1. The molecule has 2 bridgehead atoms. The van der Waals surface area contributed by atoms with Gasteiger partial charge in [-0.15, -0.1) is 0 Å². The summed E-state index contributed by atoms with van der Waals surface area (Å²) in [5.74, 6) is 0.215. The number of imidazole rings is 1. The van der Waals surface area contributed by atoms with Gasteiger partial charge in [0, 0.05) is 13.3 Å². The zero-order valence-corrected chi connectivity index (χ0v) is 26.3. The fraction of sp³-hybridized carbons (Fsp3) is 0.476. The number of nitrogens with zero attached hydrogens (tertiary/aromatic N) is 7. The molecule has 7 N–H and O–H groups in total. The molecule has 8 atom stereocenters. The maximum atomic E-state index is 13.5. The van der Waals surface area contributed by atoms with Crippen LogP contribution in [-0.2, 0) is 43.2 Å². The third-order valence-electron chi connectivity index (χ3n) is 7.06. The highest BCUT2D eigenvalue weighted by Crippen LogP contribution is 2.59. The number of fused-ring (bicyclic) bond motifs is 4. The van der Waals surface area contributed by atoms with Crippen LogP contribution < -0.4 is 17.2 Å². The van der Waals surface area contributed by atoms with E-state index >= 15 is 0 Å². The summed E-state index contributed by atoms with van der Waals surface area (Å²) in [6, 6.07) is 1.67. The first-order valence-electron chi connectivity index (χ1n) is 12.8. The Morgan fingerprint density at radius 3 is 2.57 bits per heavy atom. The summed E-state index contributed by atoms with van der Waals surface area (Å²) in [7, 11) is 1.34. The molecule has 4 aromatic rings. The number of nitrogen functional groups attached to an aromatic ring is 3. The molecule has 0 aliphatic carbocycles. The lowest BCUT2D eigenvalue weighted by Gasteiger charge is -2.30. The van der Waals surface area contributed by atoms with Gasteiger partial charge in [0.1, 0.15) is 53.8 Å². The van der Waals surface area contributed by atoms with Crippen LogP contribution >= 0.6 is 38.1 Å². The van der Waals surface area contributed by atoms with Gasteiger partial charge in [-0.3, -0.25) is 22.7 Å². The van der Waals surface area contributed by atoms with E-state index in [1.807, 2.05) is 0 Å². The summed E-state index contributed by atoms with van der Waals surface area (Å²) in [6.07, 6.45) is -3.08. The van der Waals surface area contributed by atoms with Crippen molar-refractivity contribution < 1.29 is 41.8 Å². The first-order valence-corrected chi connectivity index (χ1v) is 18.2. The number of nitrogens with two attached hydrogens (primary N) is 3. The van der Waals surface area contributed by atoms with E-state index in [1.54, 1.807) is 16.8 Å². The van der Waals surface area contributed by atoms with E-state index in [1.165, 1.54) is 24.3 Å². The normalized spacial score (nSPS) is 33.6. The molecule has 2 unspecified atom stereocenters. The van der Waals surface area contributed by atoms with Gasteiger partial charge in [0.2, 0.25) is 5.95 Å². The van der Waals surface area contributed by atoms with Crippen molar-refractivity contribution in [3.05, 3.63) is 24.9 Å². The molecule has 6 heterocycles. The van der Waals surface area contributed by atoms with E-state index in [4.69, 9.17) is 44.8 Å². The molecule has 2 aliphatic rings. The quantitative estimate of drug-likeness (QED) is 0.130. The molecular formula is C21H28N10O9P2S2. The van der Waals surface area contributed by atoms with Gasteiger partial charge in [0.05, 0.1) is 31.5 Å². The second-order valence-electron chi connectivity index (χ2n) is 9.83. The van der Waals surface area contributed by atoms with Gasteiger partial charge in [0.25, 0.3) is 0 Å². The van der Waals surface area contributed by atoms with Gasteiger partial charge >= 0.3 is 13.6 Å². The molecule has 2 fully saturated rings. The molecule has 0 radical (unpaired) electrons. The summed E-state index contributed by atoms with van der Waals surface area (Å²) in [4.78, 5) is 20.5. The number of ether oxygens (including phenoxy) is 2. The van der Waals surface area contributed by atoms with Crippen LogP contribution in [0.2, 0.25) is 0 Å². The van der Waals surface area contributed by atoms with Gasteiger partial charge in [-0.2, -0.15) is 9.97 Å². The van der Waals surface area contributed by atoms with Crippen LogP contribution in [-0.4, -0.2) is 90.0 Å². The number of aromatic nitrogens is 7. The molecule has 23 heteroatoms. The monoisotopic (exact) mass is 690 g/mol. The molecule has 0 aromatic carbocycles. The standard InChI is InChI=1S/C21H28N10O9P2S2/c1-35-11-5-36-42(34,44)40-15-14(32)12(38-20(15)31-8-27-13-17(23)25-7-26-19(13)31)6-37-41(33,43)39-10(11)4-30-3-2-9-16(22)28-21(24)29-18(9)30/h2-3,7-8,10-12,14-15,20,32H,4-6H2,1H3,(H,33,43)(H,34,44)(H2,23,25,26)(H4,22,24,28,29)/t10-,11+,12+,14+,15+,20+,41?,42?/m0/s1. The number of thiol groups is 2. The molecule has 0 amide bonds. The molecule has 44 heavy (non-hydrogen) atoms. The minimum absolute atomic E-state index is 0.0428. The smallest absolute Gasteiger partial charge is 0.386 e. The van der Waals surface area contributed by atoms with Gasteiger partial charge in [-0.1, -0.05) is 24.5 Å². The van der Waals surface area contributed by atoms with E-state index in [-0.39, 0.29) is 35.3 Å². The Morgan fingerprint density at radius 2 is 1.80 bits per heavy atom. The van der Waals surface area contributed by atoms with E-state index in [0.717, 1.165) is 0 Å². The molecule has 19 nitrogen and oxygen atoms in total. The average molecular weight is 691 g/mol. The minimum Gasteiger partial charge on any atom is -0.387 e. The summed E-state index contributed by atoms with van der Waals surface area (Å²) in [5, 5.41) is 11.7. The molecule has 0 saturated carbocycles. The van der Waals surface area contributed by atoms with Gasteiger partial charge < -0.3 is 36.3 Å². The first kappa shape index (κ1) is 31.4. The lowest BCUT2D eigenvalue weighted by molar-refractivity contribution is -0.0599. The maximum absolute atomic E-state index is 13.5. The third kappa shape index (κ3) is 6.14. The predicted molar refractivity (Wildman–Crippen MR) is 162 cm³/mol. The van der Waals surface area contributed by atoms with Crippen molar-refractivity contribution in [2.24, 2.45) is 0 Å². The Balaban J connectivity index is 1.31. The Morgan fingerprint density at radius 1 is 1.05 bits per heavy atom. The van der Waals surface area contributed by atoms with Crippen LogP contribution in [0.3, 0.4) is 0 Å². The van der Waals surface area contributed by atoms with Crippen LogP contribution in [0.5, 0.6) is 0 Å². The highest BCUT2D eigenvalue weighted by atomic mass is 32.7. The number of hydrogen-bond donors (Lipinski definition) is 6. The lowest BCUT2D eigenvalue weighted by Crippen LogP contribution is -2.37. The van der Waals surface area contributed by atoms with Crippen LogP contribution in [0.4, 0.5) is 17.6 Å². The first-order chi connectivity index (χ1) is 20.9. The van der Waals surface area contributed by atoms with Crippen molar-refractivity contribution in [1.29, 1.82) is 0 Å². The van der Waals surface area contributed by atoms with Gasteiger partial charge in [-0.25, -0.2) is 24.1 Å². The minimum atomic E-state index is -4.24. The van der Waals surface area contributed by atoms with Crippen molar-refractivity contribution in [3.8, 4) is 0 Å². The van der Waals surface area contributed by atoms with E-state index < -0.39 is 63.6 Å². The molecule has 238 valence electrons. The Bertz CT molecular complexity index is 1800. The van der Waals surface area contributed by atoms with E-state index in [0.29, 0.717) is 11.0 Å². The lowest BCUT2D eigenvalue weighted by atomic mass is 10.1. The van der Waals surface area contributed by atoms with E-state index in [2.05, 4.69) is 49.4 Å². The maximum Gasteiger partial charge on any atom is 0.386 e. The Kier molecular flexibility index (Phi) is 8.57. The molecule has 2 aliphatic heterocycles. The van der Waals surface area contributed by atoms with Crippen molar-refractivity contribution in [2.45, 2.75) is 43.3 Å². The van der Waals surface area contributed by atoms with Gasteiger partial charge in [0.15, 0.2) is 17.7 Å². The van der Waals surface area contributed by atoms with Crippen LogP contribution in [0.25, 0.3) is 22.2 Å². The van der Waals surface area contributed by atoms with Crippen molar-refractivity contribution in [3.63, 3.8) is 0 Å². The van der Waals surface area contributed by atoms with Crippen LogP contribution in [0, 0.1) is 0 Å². The topological polar surface area (TPSA) is 262 Å². The van der Waals surface area contributed by atoms with E-state index in [9.17, 15) is 14.2 Å². The molecule has 6 rings (SSSR count). The Labute approximate surface area is 259 Å². The molecule has 0 spiro atoms. The van der Waals surface area contributed by atoms with Crippen molar-refractivity contribution >= 4 is 77.9 Å². The summed E-state index contributed by atoms with van der Waals surface area (Å²) < 4.78 is 64.4. The Hall–Kier alpha value is -2.55. The second-order valence-corrected chi connectivity index (χ2v) is 15.6. The zero-order valence-electron chi connectivity index (χ0n) is 22.8. The number of anilines is 3. The fourth-order valence-corrected chi connectivity index (χ4v) is 7.93.